The molecule has 3 aromatic rings. The zero-order valence-electron chi connectivity index (χ0n) is 15.3. The van der Waals surface area contributed by atoms with Crippen LogP contribution in [0.2, 0.25) is 5.02 Å². The van der Waals surface area contributed by atoms with Crippen molar-refractivity contribution < 1.29 is 18.9 Å². The highest BCUT2D eigenvalue weighted by Crippen LogP contribution is 2.35. The summed E-state index contributed by atoms with van der Waals surface area (Å²) in [6.07, 6.45) is 1.46. The number of imide groups is 1. The van der Waals surface area contributed by atoms with E-state index in [2.05, 4.69) is 0 Å². The minimum absolute atomic E-state index is 0.0818. The molecule has 2 aromatic carbocycles. The summed E-state index contributed by atoms with van der Waals surface area (Å²) >= 11 is 6.68. The highest BCUT2D eigenvalue weighted by molar-refractivity contribution is 8.18. The molecule has 1 fully saturated rings. The standard InChI is InChI=1S/C21H13ClN2O5S/c22-14-7-5-13(6-8-14)12-23-20(25)19(30-21(23)26)11-15-9-10-18(29-15)16-3-1-2-4-17(16)24(27)28/h1-11H,12H2/b19-11+. The molecule has 0 spiro atoms. The lowest BCUT2D eigenvalue weighted by Gasteiger charge is -2.12. The van der Waals surface area contributed by atoms with Crippen molar-refractivity contribution in [3.05, 3.63) is 92.0 Å². The Bertz CT molecular complexity index is 1190. The zero-order valence-corrected chi connectivity index (χ0v) is 16.9. The first-order valence-electron chi connectivity index (χ1n) is 8.76. The Morgan fingerprint density at radius 1 is 1.07 bits per heavy atom. The molecule has 1 saturated heterocycles. The molecule has 4 rings (SSSR count). The summed E-state index contributed by atoms with van der Waals surface area (Å²) < 4.78 is 5.68. The maximum atomic E-state index is 12.7. The Labute approximate surface area is 180 Å². The largest absolute Gasteiger partial charge is 0.456 e. The maximum Gasteiger partial charge on any atom is 0.293 e. The predicted octanol–water partition coefficient (Wildman–Crippen LogP) is 5.74. The molecule has 30 heavy (non-hydrogen) atoms. The molecule has 9 heteroatoms. The van der Waals surface area contributed by atoms with Crippen molar-refractivity contribution in [3.8, 4) is 11.3 Å². The highest BCUT2D eigenvalue weighted by atomic mass is 35.5. The molecule has 0 atom stereocenters. The number of para-hydroxylation sites is 1. The molecule has 1 aliphatic rings. The molecule has 0 saturated carbocycles. The third kappa shape index (κ3) is 4.00. The summed E-state index contributed by atoms with van der Waals surface area (Å²) in [5, 5.41) is 11.4. The van der Waals surface area contributed by atoms with Crippen molar-refractivity contribution in [1.29, 1.82) is 0 Å². The zero-order chi connectivity index (χ0) is 21.3. The number of nitro benzene ring substituents is 1. The molecular formula is C21H13ClN2O5S. The van der Waals surface area contributed by atoms with E-state index >= 15 is 0 Å². The summed E-state index contributed by atoms with van der Waals surface area (Å²) in [7, 11) is 0. The fourth-order valence-electron chi connectivity index (χ4n) is 2.95. The molecule has 1 aliphatic heterocycles. The van der Waals surface area contributed by atoms with E-state index in [-0.39, 0.29) is 22.4 Å². The van der Waals surface area contributed by atoms with Gasteiger partial charge in [-0.1, -0.05) is 35.9 Å². The van der Waals surface area contributed by atoms with Gasteiger partial charge in [0.25, 0.3) is 16.8 Å². The van der Waals surface area contributed by atoms with Gasteiger partial charge in [-0.3, -0.25) is 24.6 Å². The fraction of sp³-hybridized carbons (Fsp3) is 0.0476. The summed E-state index contributed by atoms with van der Waals surface area (Å²) in [6.45, 7) is 0.138. The lowest BCUT2D eigenvalue weighted by Crippen LogP contribution is -2.27. The van der Waals surface area contributed by atoms with E-state index in [1.165, 1.54) is 12.1 Å². The molecule has 7 nitrogen and oxygen atoms in total. The average molecular weight is 441 g/mol. The van der Waals surface area contributed by atoms with Crippen LogP contribution in [-0.2, 0) is 11.3 Å². The topological polar surface area (TPSA) is 93.7 Å². The number of nitro groups is 1. The van der Waals surface area contributed by atoms with E-state index in [9.17, 15) is 19.7 Å². The number of hydrogen-bond acceptors (Lipinski definition) is 6. The number of rotatable bonds is 5. The first-order chi connectivity index (χ1) is 14.4. The quantitative estimate of drug-likeness (QED) is 0.285. The first kappa shape index (κ1) is 19.9. The van der Waals surface area contributed by atoms with Gasteiger partial charge in [-0.25, -0.2) is 0 Å². The molecule has 1 aromatic heterocycles. The second-order valence-corrected chi connectivity index (χ2v) is 7.80. The third-order valence-electron chi connectivity index (χ3n) is 4.39. The average Bonchev–Trinajstić information content (AvgIpc) is 3.30. The van der Waals surface area contributed by atoms with Gasteiger partial charge in [0, 0.05) is 17.2 Å². The number of nitrogens with zero attached hydrogens (tertiary/aromatic N) is 2. The highest BCUT2D eigenvalue weighted by Gasteiger charge is 2.35. The van der Waals surface area contributed by atoms with Crippen LogP contribution in [0.25, 0.3) is 17.4 Å². The molecule has 0 unspecified atom stereocenters. The van der Waals surface area contributed by atoms with Gasteiger partial charge >= 0.3 is 0 Å². The Balaban J connectivity index is 1.56. The van der Waals surface area contributed by atoms with Crippen LogP contribution in [0.5, 0.6) is 0 Å². The van der Waals surface area contributed by atoms with Crippen LogP contribution in [0.1, 0.15) is 11.3 Å². The third-order valence-corrected chi connectivity index (χ3v) is 5.55. The predicted molar refractivity (Wildman–Crippen MR) is 114 cm³/mol. The lowest BCUT2D eigenvalue weighted by molar-refractivity contribution is -0.384. The van der Waals surface area contributed by atoms with Crippen LogP contribution in [0.15, 0.2) is 70.0 Å². The molecular weight excluding hydrogens is 428 g/mol. The number of benzene rings is 2. The minimum Gasteiger partial charge on any atom is -0.456 e. The maximum absolute atomic E-state index is 12.7. The Morgan fingerprint density at radius 3 is 2.53 bits per heavy atom. The number of halogens is 1. The Morgan fingerprint density at radius 2 is 1.80 bits per heavy atom. The molecule has 0 bridgehead atoms. The van der Waals surface area contributed by atoms with Gasteiger partial charge in [0.05, 0.1) is 21.9 Å². The van der Waals surface area contributed by atoms with Crippen molar-refractivity contribution in [2.75, 3.05) is 0 Å². The van der Waals surface area contributed by atoms with Crippen LogP contribution in [-0.4, -0.2) is 21.0 Å². The smallest absolute Gasteiger partial charge is 0.293 e. The van der Waals surface area contributed by atoms with Gasteiger partial charge in [-0.2, -0.15) is 0 Å². The number of carbonyl (C=O) groups is 2. The van der Waals surface area contributed by atoms with Gasteiger partial charge in [-0.05, 0) is 47.7 Å². The lowest BCUT2D eigenvalue weighted by atomic mass is 10.1. The van der Waals surface area contributed by atoms with Crippen molar-refractivity contribution in [2.45, 2.75) is 6.54 Å². The fourth-order valence-corrected chi connectivity index (χ4v) is 3.90. The van der Waals surface area contributed by atoms with E-state index in [1.807, 2.05) is 0 Å². The van der Waals surface area contributed by atoms with Gasteiger partial charge < -0.3 is 4.42 Å². The van der Waals surface area contributed by atoms with Crippen LogP contribution in [0.3, 0.4) is 0 Å². The SMILES string of the molecule is O=C1S/C(=C/c2ccc(-c3ccccc3[N+](=O)[O-])o2)C(=O)N1Cc1ccc(Cl)cc1. The molecule has 0 N–H and O–H groups in total. The number of furan rings is 1. The normalized spacial score (nSPS) is 15.2. The first-order valence-corrected chi connectivity index (χ1v) is 9.95. The Kier molecular flexibility index (Phi) is 5.43. The van der Waals surface area contributed by atoms with Crippen LogP contribution >= 0.6 is 23.4 Å². The van der Waals surface area contributed by atoms with Gasteiger partial charge in [0.2, 0.25) is 0 Å². The van der Waals surface area contributed by atoms with Crippen molar-refractivity contribution in [3.63, 3.8) is 0 Å². The number of thioether (sulfide) groups is 1. The van der Waals surface area contributed by atoms with Crippen molar-refractivity contribution in [2.24, 2.45) is 0 Å². The molecule has 150 valence electrons. The number of carbonyl (C=O) groups excluding carboxylic acids is 2. The second kappa shape index (κ2) is 8.17. The van der Waals surface area contributed by atoms with E-state index in [4.69, 9.17) is 16.0 Å². The molecule has 2 heterocycles. The van der Waals surface area contributed by atoms with Crippen LogP contribution < -0.4 is 0 Å². The summed E-state index contributed by atoms with van der Waals surface area (Å²) in [5.41, 5.74) is 1.03. The number of amides is 2. The molecule has 0 aliphatic carbocycles. The summed E-state index contributed by atoms with van der Waals surface area (Å²) in [5.74, 6) is 0.192. The van der Waals surface area contributed by atoms with E-state index in [0.717, 1.165) is 22.2 Å². The van der Waals surface area contributed by atoms with Crippen LogP contribution in [0.4, 0.5) is 10.5 Å². The van der Waals surface area contributed by atoms with Gasteiger partial charge in [-0.15, -0.1) is 0 Å². The monoisotopic (exact) mass is 440 g/mol. The van der Waals surface area contributed by atoms with Crippen molar-refractivity contribution >= 4 is 46.3 Å². The van der Waals surface area contributed by atoms with E-state index < -0.39 is 10.8 Å². The Hall–Kier alpha value is -3.36. The van der Waals surface area contributed by atoms with E-state index in [1.54, 1.807) is 54.6 Å². The van der Waals surface area contributed by atoms with Gasteiger partial charge in [0.15, 0.2) is 0 Å². The minimum atomic E-state index is -0.486. The summed E-state index contributed by atoms with van der Waals surface area (Å²) in [6, 6.07) is 16.3. The van der Waals surface area contributed by atoms with Crippen molar-refractivity contribution in [1.82, 2.24) is 4.90 Å². The molecule has 2 amide bonds. The number of hydrogen-bond donors (Lipinski definition) is 0. The van der Waals surface area contributed by atoms with Crippen LogP contribution in [0, 0.1) is 10.1 Å². The summed E-state index contributed by atoms with van der Waals surface area (Å²) in [4.78, 5) is 37.1. The second-order valence-electron chi connectivity index (χ2n) is 6.37. The molecule has 0 radical (unpaired) electrons. The van der Waals surface area contributed by atoms with Gasteiger partial charge in [0.1, 0.15) is 11.5 Å². The van der Waals surface area contributed by atoms with E-state index in [0.29, 0.717) is 22.1 Å².